The van der Waals surface area contributed by atoms with E-state index in [1.807, 2.05) is 70.5 Å². The Morgan fingerprint density at radius 3 is 1.12 bits per heavy atom. The van der Waals surface area contributed by atoms with Gasteiger partial charge >= 0.3 is 0 Å². The van der Waals surface area contributed by atoms with Crippen molar-refractivity contribution in [1.29, 1.82) is 0 Å². The minimum Gasteiger partial charge on any atom is -0.338 e. The molecule has 2 aliphatic rings. The van der Waals surface area contributed by atoms with Crippen LogP contribution in [-0.2, 0) is 0 Å². The van der Waals surface area contributed by atoms with Crippen molar-refractivity contribution in [3.8, 4) is 0 Å². The zero-order valence-electron chi connectivity index (χ0n) is 20.0. The van der Waals surface area contributed by atoms with E-state index in [1.165, 1.54) is 12.8 Å². The van der Waals surface area contributed by atoms with Gasteiger partial charge in [-0.25, -0.2) is 0 Å². The molecule has 2 saturated heterocycles. The molecule has 0 N–H and O–H groups in total. The third-order valence-electron chi connectivity index (χ3n) is 6.35. The van der Waals surface area contributed by atoms with Crippen molar-refractivity contribution in [2.75, 3.05) is 26.2 Å². The van der Waals surface area contributed by atoms with Crippen molar-refractivity contribution in [1.82, 2.24) is 9.80 Å². The summed E-state index contributed by atoms with van der Waals surface area (Å²) < 4.78 is 0. The Morgan fingerprint density at radius 1 is 0.562 bits per heavy atom. The van der Waals surface area contributed by atoms with Crippen LogP contribution in [-0.4, -0.2) is 47.8 Å². The lowest BCUT2D eigenvalue weighted by Crippen LogP contribution is -2.42. The lowest BCUT2D eigenvalue weighted by Gasteiger charge is -2.35. The Labute approximate surface area is 193 Å². The van der Waals surface area contributed by atoms with Gasteiger partial charge in [-0.2, -0.15) is 0 Å². The smallest absolute Gasteiger partial charge is 0.253 e. The number of benzene rings is 2. The Hall–Kier alpha value is -2.62. The predicted molar refractivity (Wildman–Crippen MR) is 131 cm³/mol. The molecule has 0 spiro atoms. The van der Waals surface area contributed by atoms with E-state index < -0.39 is 0 Å². The molecule has 2 aliphatic heterocycles. The maximum absolute atomic E-state index is 12.2. The molecule has 4 atom stereocenters. The molecule has 0 saturated carbocycles. The van der Waals surface area contributed by atoms with E-state index in [0.717, 1.165) is 37.3 Å². The minimum atomic E-state index is 0.180. The molecule has 4 rings (SSSR count). The molecule has 0 aliphatic carbocycles. The largest absolute Gasteiger partial charge is 0.338 e. The lowest BCUT2D eigenvalue weighted by molar-refractivity contribution is 0.0618. The van der Waals surface area contributed by atoms with Gasteiger partial charge in [0.25, 0.3) is 11.8 Å². The number of nitrogens with zero attached hydrogens (tertiary/aromatic N) is 2. The molecule has 2 amide bonds. The highest BCUT2D eigenvalue weighted by Gasteiger charge is 2.26. The van der Waals surface area contributed by atoms with Crippen LogP contribution in [0.2, 0.25) is 0 Å². The fourth-order valence-electron chi connectivity index (χ4n) is 5.18. The maximum Gasteiger partial charge on any atom is 0.253 e. The Morgan fingerprint density at radius 2 is 0.844 bits per heavy atom. The van der Waals surface area contributed by atoms with E-state index in [-0.39, 0.29) is 11.8 Å². The molecule has 0 aromatic heterocycles. The van der Waals surface area contributed by atoms with Crippen LogP contribution >= 0.6 is 0 Å². The Bertz CT molecular complexity index is 774. The molecular weight excluding hydrogens is 396 g/mol. The van der Waals surface area contributed by atoms with E-state index in [1.54, 1.807) is 0 Å². The quantitative estimate of drug-likeness (QED) is 0.616. The summed E-state index contributed by atoms with van der Waals surface area (Å²) in [5, 5.41) is 0. The van der Waals surface area contributed by atoms with Crippen LogP contribution in [0.25, 0.3) is 0 Å². The van der Waals surface area contributed by atoms with E-state index in [2.05, 4.69) is 27.7 Å². The number of hydrogen-bond acceptors (Lipinski definition) is 2. The summed E-state index contributed by atoms with van der Waals surface area (Å²) in [6.45, 7) is 12.5. The number of carbonyl (C=O) groups excluding carboxylic acids is 2. The van der Waals surface area contributed by atoms with Gasteiger partial charge in [0.05, 0.1) is 0 Å². The predicted octanol–water partition coefficient (Wildman–Crippen LogP) is 5.61. The highest BCUT2D eigenvalue weighted by Crippen LogP contribution is 2.23. The molecule has 4 nitrogen and oxygen atoms in total. The number of amides is 2. The molecule has 0 bridgehead atoms. The molecule has 0 radical (unpaired) electrons. The summed E-state index contributed by atoms with van der Waals surface area (Å²) in [6.07, 6.45) is 2.47. The van der Waals surface area contributed by atoms with Gasteiger partial charge in [-0.1, -0.05) is 64.1 Å². The zero-order chi connectivity index (χ0) is 23.1. The molecule has 0 unspecified atom stereocenters. The summed E-state index contributed by atoms with van der Waals surface area (Å²) in [7, 11) is 0. The summed E-state index contributed by atoms with van der Waals surface area (Å²) in [4.78, 5) is 28.4. The van der Waals surface area contributed by atoms with Crippen molar-refractivity contribution in [3.05, 3.63) is 71.8 Å². The van der Waals surface area contributed by atoms with Crippen LogP contribution < -0.4 is 0 Å². The van der Waals surface area contributed by atoms with Crippen LogP contribution in [0, 0.1) is 23.7 Å². The summed E-state index contributed by atoms with van der Waals surface area (Å²) in [5.41, 5.74) is 1.62. The minimum absolute atomic E-state index is 0.180. The van der Waals surface area contributed by atoms with Crippen LogP contribution in [0.3, 0.4) is 0 Å². The summed E-state index contributed by atoms with van der Waals surface area (Å²) >= 11 is 0. The standard InChI is InChI=1S/2C14H19NO/c2*1-11-8-12(2)10-15(9-11)14(16)13-6-4-3-5-7-13/h2*3-7,11-12H,8-10H2,1-2H3/t2*11-,12+. The number of hydrogen-bond donors (Lipinski definition) is 0. The van der Waals surface area contributed by atoms with E-state index in [4.69, 9.17) is 0 Å². The number of carbonyl (C=O) groups is 2. The second kappa shape index (κ2) is 11.3. The van der Waals surface area contributed by atoms with Crippen LogP contribution in [0.15, 0.2) is 60.7 Å². The van der Waals surface area contributed by atoms with E-state index >= 15 is 0 Å². The van der Waals surface area contributed by atoms with Crippen molar-refractivity contribution in [2.24, 2.45) is 23.7 Å². The van der Waals surface area contributed by atoms with Gasteiger partial charge in [0.2, 0.25) is 0 Å². The molecule has 172 valence electrons. The van der Waals surface area contributed by atoms with Crippen LogP contribution in [0.1, 0.15) is 61.3 Å². The zero-order valence-corrected chi connectivity index (χ0v) is 20.0. The molecule has 2 aromatic rings. The fourth-order valence-corrected chi connectivity index (χ4v) is 5.18. The van der Waals surface area contributed by atoms with Gasteiger partial charge in [0, 0.05) is 37.3 Å². The van der Waals surface area contributed by atoms with Gasteiger partial charge < -0.3 is 9.80 Å². The van der Waals surface area contributed by atoms with Crippen molar-refractivity contribution < 1.29 is 9.59 Å². The van der Waals surface area contributed by atoms with Crippen molar-refractivity contribution in [2.45, 2.75) is 40.5 Å². The number of likely N-dealkylation sites (tertiary alicyclic amines) is 2. The third-order valence-corrected chi connectivity index (χ3v) is 6.35. The maximum atomic E-state index is 12.2. The van der Waals surface area contributed by atoms with Gasteiger partial charge in [0.1, 0.15) is 0 Å². The monoisotopic (exact) mass is 434 g/mol. The fraction of sp³-hybridized carbons (Fsp3) is 0.500. The second-order valence-corrected chi connectivity index (χ2v) is 10.0. The normalized spacial score (nSPS) is 25.5. The first kappa shape index (κ1) is 24.0. The first-order valence-electron chi connectivity index (χ1n) is 12.0. The topological polar surface area (TPSA) is 40.6 Å². The average Bonchev–Trinajstić information content (AvgIpc) is 2.78. The highest BCUT2D eigenvalue weighted by molar-refractivity contribution is 5.94. The number of piperidine rings is 2. The van der Waals surface area contributed by atoms with Crippen molar-refractivity contribution in [3.63, 3.8) is 0 Å². The second-order valence-electron chi connectivity index (χ2n) is 10.0. The van der Waals surface area contributed by atoms with Gasteiger partial charge in [-0.3, -0.25) is 9.59 Å². The molecule has 4 heteroatoms. The SMILES string of the molecule is C[C@@H]1C[C@H](C)CN(C(=O)c2ccccc2)C1.C[C@@H]1C[C@H](C)CN(C(=O)c2ccccc2)C1. The summed E-state index contributed by atoms with van der Waals surface area (Å²) in [6, 6.07) is 19.1. The highest BCUT2D eigenvalue weighted by atomic mass is 16.2. The molecule has 32 heavy (non-hydrogen) atoms. The Kier molecular flexibility index (Phi) is 8.49. The van der Waals surface area contributed by atoms with Crippen LogP contribution in [0.5, 0.6) is 0 Å². The molecular formula is C28H38N2O2. The average molecular weight is 435 g/mol. The number of rotatable bonds is 2. The molecule has 2 aromatic carbocycles. The van der Waals surface area contributed by atoms with E-state index in [0.29, 0.717) is 23.7 Å². The first-order chi connectivity index (χ1) is 15.3. The Balaban J connectivity index is 0.000000181. The van der Waals surface area contributed by atoms with E-state index in [9.17, 15) is 9.59 Å². The summed E-state index contributed by atoms with van der Waals surface area (Å²) in [5.74, 6) is 2.85. The van der Waals surface area contributed by atoms with Gasteiger partial charge in [-0.15, -0.1) is 0 Å². The molecule has 2 heterocycles. The van der Waals surface area contributed by atoms with Crippen molar-refractivity contribution >= 4 is 11.8 Å². The van der Waals surface area contributed by atoms with Gasteiger partial charge in [0.15, 0.2) is 0 Å². The van der Waals surface area contributed by atoms with Gasteiger partial charge in [-0.05, 0) is 60.8 Å². The van der Waals surface area contributed by atoms with Crippen LogP contribution in [0.4, 0.5) is 0 Å². The first-order valence-corrected chi connectivity index (χ1v) is 12.0. The molecule has 2 fully saturated rings. The third kappa shape index (κ3) is 6.69. The lowest BCUT2D eigenvalue weighted by atomic mass is 9.91.